The molecule has 0 N–H and O–H groups in total. The van der Waals surface area contributed by atoms with Crippen LogP contribution >= 0.6 is 11.6 Å². The normalized spacial score (nSPS) is 12.5. The summed E-state index contributed by atoms with van der Waals surface area (Å²) in [5.74, 6) is 0. The number of aromatic nitrogens is 3. The molecule has 0 fully saturated rings. The zero-order valence-corrected chi connectivity index (χ0v) is 18.5. The Labute approximate surface area is 191 Å². The van der Waals surface area contributed by atoms with Gasteiger partial charge in [0.2, 0.25) is 0 Å². The highest BCUT2D eigenvalue weighted by Crippen LogP contribution is 2.34. The van der Waals surface area contributed by atoms with Gasteiger partial charge in [-0.3, -0.25) is 9.38 Å². The van der Waals surface area contributed by atoms with E-state index in [1.165, 1.54) is 12.4 Å². The third-order valence-corrected chi connectivity index (χ3v) is 6.89. The van der Waals surface area contributed by atoms with E-state index in [4.69, 9.17) is 11.6 Å². The van der Waals surface area contributed by atoms with Crippen molar-refractivity contribution in [3.8, 4) is 11.1 Å². The molecule has 3 aromatic heterocycles. The van der Waals surface area contributed by atoms with E-state index in [0.717, 1.165) is 24.2 Å². The summed E-state index contributed by atoms with van der Waals surface area (Å²) in [6, 6.07) is 9.42. The Morgan fingerprint density at radius 3 is 2.61 bits per heavy atom. The summed E-state index contributed by atoms with van der Waals surface area (Å²) in [6.45, 7) is 0. The van der Waals surface area contributed by atoms with Crippen LogP contribution in [0.5, 0.6) is 0 Å². The van der Waals surface area contributed by atoms with Gasteiger partial charge < -0.3 is 0 Å². The minimum Gasteiger partial charge on any atom is -0.298 e. The van der Waals surface area contributed by atoms with Gasteiger partial charge in [0.25, 0.3) is 10.0 Å². The van der Waals surface area contributed by atoms with Gasteiger partial charge in [-0.05, 0) is 36.4 Å². The molecule has 33 heavy (non-hydrogen) atoms. The summed E-state index contributed by atoms with van der Waals surface area (Å²) in [6.07, 6.45) is 3.16. The molecule has 0 saturated heterocycles. The number of alkyl halides is 3. The van der Waals surface area contributed by atoms with Crippen molar-refractivity contribution in [3.05, 3.63) is 83.5 Å². The maximum Gasteiger partial charge on any atom is 0.416 e. The van der Waals surface area contributed by atoms with E-state index in [9.17, 15) is 21.6 Å². The molecule has 0 radical (unpaired) electrons. The van der Waals surface area contributed by atoms with Crippen molar-refractivity contribution in [1.29, 1.82) is 0 Å². The summed E-state index contributed by atoms with van der Waals surface area (Å²) in [7, 11) is -3.34. The molecule has 12 heteroatoms. The van der Waals surface area contributed by atoms with Gasteiger partial charge in [-0.25, -0.2) is 4.98 Å². The highest BCUT2D eigenvalue weighted by atomic mass is 35.5. The lowest BCUT2D eigenvalue weighted by atomic mass is 10.1. The predicted octanol–water partition coefficient (Wildman–Crippen LogP) is 4.72. The van der Waals surface area contributed by atoms with Crippen LogP contribution in [0, 0.1) is 0 Å². The predicted molar refractivity (Wildman–Crippen MR) is 117 cm³/mol. The average molecular weight is 494 g/mol. The smallest absolute Gasteiger partial charge is 0.298 e. The van der Waals surface area contributed by atoms with Crippen LogP contribution in [0.15, 0.2) is 77.2 Å². The van der Waals surface area contributed by atoms with Crippen LogP contribution in [0.4, 0.5) is 13.2 Å². The number of sulfonamides is 1. The summed E-state index contributed by atoms with van der Waals surface area (Å²) in [5.41, 5.74) is 1.63. The van der Waals surface area contributed by atoms with Crippen molar-refractivity contribution in [2.75, 3.05) is 7.05 Å². The third kappa shape index (κ3) is 4.55. The Bertz CT molecular complexity index is 1450. The maximum absolute atomic E-state index is 13.0. The molecule has 0 atom stereocenters. The Morgan fingerprint density at radius 1 is 1.12 bits per heavy atom. The molecular formula is C21H15ClF3N5O2S. The monoisotopic (exact) mass is 493 g/mol. The fourth-order valence-corrected chi connectivity index (χ4v) is 4.48. The van der Waals surface area contributed by atoms with E-state index in [0.29, 0.717) is 27.9 Å². The second-order valence-electron chi connectivity index (χ2n) is 6.90. The van der Waals surface area contributed by atoms with Crippen molar-refractivity contribution in [3.63, 3.8) is 0 Å². The summed E-state index contributed by atoms with van der Waals surface area (Å²) >= 11 is 5.88. The molecule has 0 saturated carbocycles. The Hall–Kier alpha value is -3.44. The number of halogens is 4. The maximum atomic E-state index is 13.0. The average Bonchev–Trinajstić information content (AvgIpc) is 3.19. The van der Waals surface area contributed by atoms with Crippen molar-refractivity contribution in [2.45, 2.75) is 11.1 Å². The van der Waals surface area contributed by atoms with E-state index in [1.54, 1.807) is 35.1 Å². The molecule has 1 aromatic carbocycles. The van der Waals surface area contributed by atoms with Gasteiger partial charge in [0.1, 0.15) is 10.5 Å². The van der Waals surface area contributed by atoms with Gasteiger partial charge in [-0.2, -0.15) is 31.1 Å². The van der Waals surface area contributed by atoms with Crippen LogP contribution in [0.2, 0.25) is 5.02 Å². The quantitative estimate of drug-likeness (QED) is 0.297. The van der Waals surface area contributed by atoms with E-state index >= 15 is 0 Å². The van der Waals surface area contributed by atoms with Crippen molar-refractivity contribution < 1.29 is 21.6 Å². The summed E-state index contributed by atoms with van der Waals surface area (Å²) < 4.78 is 67.0. The van der Waals surface area contributed by atoms with Gasteiger partial charge in [0, 0.05) is 36.8 Å². The van der Waals surface area contributed by atoms with Crippen LogP contribution < -0.4 is 0 Å². The minimum atomic E-state index is -4.72. The van der Waals surface area contributed by atoms with Gasteiger partial charge in [-0.1, -0.05) is 17.7 Å². The lowest BCUT2D eigenvalue weighted by molar-refractivity contribution is -0.137. The van der Waals surface area contributed by atoms with Crippen molar-refractivity contribution in [1.82, 2.24) is 18.8 Å². The topological polar surface area (TPSA) is 79.9 Å². The van der Waals surface area contributed by atoms with Crippen LogP contribution in [0.1, 0.15) is 11.3 Å². The molecule has 0 amide bonds. The molecule has 4 rings (SSSR count). The molecular weight excluding hydrogens is 479 g/mol. The molecule has 4 aromatic rings. The fourth-order valence-electron chi connectivity index (χ4n) is 3.02. The number of imidazole rings is 1. The van der Waals surface area contributed by atoms with Crippen LogP contribution in [-0.4, -0.2) is 40.5 Å². The summed E-state index contributed by atoms with van der Waals surface area (Å²) in [5, 5.41) is 3.56. The number of hydrogen-bond donors (Lipinski definition) is 0. The van der Waals surface area contributed by atoms with E-state index in [2.05, 4.69) is 15.1 Å². The minimum absolute atomic E-state index is 0.346. The Kier molecular flexibility index (Phi) is 5.85. The van der Waals surface area contributed by atoms with Crippen molar-refractivity contribution in [2.24, 2.45) is 5.10 Å². The van der Waals surface area contributed by atoms with Gasteiger partial charge in [-0.15, -0.1) is 0 Å². The van der Waals surface area contributed by atoms with Gasteiger partial charge in [0.15, 0.2) is 0 Å². The molecule has 0 aliphatic rings. The highest BCUT2D eigenvalue weighted by molar-refractivity contribution is 7.89. The molecule has 0 bridgehead atoms. The number of pyridine rings is 2. The highest BCUT2D eigenvalue weighted by Gasteiger charge is 2.33. The zero-order valence-electron chi connectivity index (χ0n) is 16.9. The van der Waals surface area contributed by atoms with E-state index in [1.807, 2.05) is 12.1 Å². The number of fused-ring (bicyclic) bond motifs is 1. The van der Waals surface area contributed by atoms with Crippen LogP contribution in [-0.2, 0) is 16.2 Å². The second kappa shape index (κ2) is 8.49. The Morgan fingerprint density at radius 2 is 1.91 bits per heavy atom. The lowest BCUT2D eigenvalue weighted by Gasteiger charge is -2.16. The molecule has 3 heterocycles. The number of hydrogen-bond acceptors (Lipinski definition) is 5. The Balaban J connectivity index is 1.67. The van der Waals surface area contributed by atoms with Crippen LogP contribution in [0.3, 0.4) is 0 Å². The molecule has 170 valence electrons. The standard InChI is InChI=1S/C21H15ClF3N5O2S/c1-29(33(31,32)19-9-16(21(23,24)25)5-6-18(19)22)28-12-17-11-27-20-7-4-15(13-30(17)20)14-3-2-8-26-10-14/h2-13H,1H3. The summed E-state index contributed by atoms with van der Waals surface area (Å²) in [4.78, 5) is 7.64. The fraction of sp³-hybridized carbons (Fsp3) is 0.0952. The number of benzene rings is 1. The molecule has 0 aliphatic heterocycles. The van der Waals surface area contributed by atoms with Crippen molar-refractivity contribution >= 4 is 33.5 Å². The van der Waals surface area contributed by atoms with Gasteiger partial charge in [0.05, 0.1) is 28.7 Å². The number of hydrazone groups is 1. The first-order valence-corrected chi connectivity index (χ1v) is 11.2. The molecule has 0 aliphatic carbocycles. The largest absolute Gasteiger partial charge is 0.416 e. The lowest BCUT2D eigenvalue weighted by Crippen LogP contribution is -2.23. The van der Waals surface area contributed by atoms with E-state index in [-0.39, 0.29) is 5.02 Å². The van der Waals surface area contributed by atoms with Crippen LogP contribution in [0.25, 0.3) is 16.8 Å². The first-order valence-electron chi connectivity index (χ1n) is 9.34. The molecule has 7 nitrogen and oxygen atoms in total. The van der Waals surface area contributed by atoms with E-state index < -0.39 is 26.7 Å². The first kappa shape index (κ1) is 22.7. The first-order chi connectivity index (χ1) is 15.6. The molecule has 0 spiro atoms. The zero-order chi connectivity index (χ0) is 23.8. The number of rotatable bonds is 5. The second-order valence-corrected chi connectivity index (χ2v) is 9.22. The molecule has 0 unspecified atom stereocenters. The SMILES string of the molecule is CN(N=Cc1cnc2ccc(-c3cccnc3)cn12)S(=O)(=O)c1cc(C(F)(F)F)ccc1Cl. The number of nitrogens with zero attached hydrogens (tertiary/aromatic N) is 5. The van der Waals surface area contributed by atoms with Gasteiger partial charge >= 0.3 is 6.18 Å². The third-order valence-electron chi connectivity index (χ3n) is 4.77.